The number of hydrogen-bond acceptors (Lipinski definition) is 8. The molecule has 2 saturated heterocycles. The van der Waals surface area contributed by atoms with E-state index in [2.05, 4.69) is 4.98 Å². The number of nitrogens with zero attached hydrogens (tertiary/aromatic N) is 1. The Morgan fingerprint density at radius 3 is 2.26 bits per heavy atom. The Morgan fingerprint density at radius 1 is 0.963 bits per heavy atom. The highest BCUT2D eigenvalue weighted by Gasteiger charge is 2.51. The van der Waals surface area contributed by atoms with Gasteiger partial charge in [0, 0.05) is 12.4 Å². The lowest BCUT2D eigenvalue weighted by atomic mass is 10.1. The maximum Gasteiger partial charge on any atom is 0.342 e. The average molecular weight is 371 g/mol. The van der Waals surface area contributed by atoms with Crippen LogP contribution in [0.4, 0.5) is 0 Å². The van der Waals surface area contributed by atoms with Gasteiger partial charge in [-0.25, -0.2) is 9.59 Å². The van der Waals surface area contributed by atoms with E-state index in [1.807, 2.05) is 0 Å². The van der Waals surface area contributed by atoms with E-state index in [4.69, 9.17) is 18.9 Å². The van der Waals surface area contributed by atoms with E-state index in [1.54, 1.807) is 30.5 Å². The van der Waals surface area contributed by atoms with Crippen LogP contribution in [-0.2, 0) is 18.9 Å². The van der Waals surface area contributed by atoms with Crippen LogP contribution in [-0.4, -0.2) is 59.7 Å². The maximum absolute atomic E-state index is 12.3. The molecule has 2 aliphatic heterocycles. The summed E-state index contributed by atoms with van der Waals surface area (Å²) in [5, 5.41) is 9.77. The second-order valence-electron chi connectivity index (χ2n) is 6.24. The van der Waals surface area contributed by atoms with Gasteiger partial charge in [0.1, 0.15) is 23.5 Å². The second-order valence-corrected chi connectivity index (χ2v) is 6.24. The normalized spacial score (nSPS) is 26.4. The molecule has 2 aliphatic rings. The van der Waals surface area contributed by atoms with Gasteiger partial charge >= 0.3 is 11.9 Å². The Hall–Kier alpha value is -2.97. The molecule has 1 aromatic heterocycles. The van der Waals surface area contributed by atoms with Crippen molar-refractivity contribution in [1.29, 1.82) is 0 Å². The summed E-state index contributed by atoms with van der Waals surface area (Å²) in [6, 6.07) is 9.37. The van der Waals surface area contributed by atoms with Crippen molar-refractivity contribution in [2.45, 2.75) is 24.4 Å². The van der Waals surface area contributed by atoms with Crippen molar-refractivity contribution in [2.24, 2.45) is 0 Å². The molecule has 2 aromatic rings. The van der Waals surface area contributed by atoms with E-state index < -0.39 is 36.4 Å². The Bertz CT molecular complexity index is 841. The molecule has 4 atom stereocenters. The number of aromatic hydroxyl groups is 1. The number of rotatable bonds is 4. The SMILES string of the molecule is O=C(O[C@@H]1COC2C1OC[C@@H]2OC(=O)c1ccccc1O)c1cccnc1. The van der Waals surface area contributed by atoms with Crippen LogP contribution in [0.5, 0.6) is 5.75 Å². The predicted molar refractivity (Wildman–Crippen MR) is 90.2 cm³/mol. The number of phenols is 1. The third-order valence-corrected chi connectivity index (χ3v) is 4.50. The first-order valence-electron chi connectivity index (χ1n) is 8.46. The Kier molecular flexibility index (Phi) is 4.74. The summed E-state index contributed by atoms with van der Waals surface area (Å²) in [6.45, 7) is 0.265. The first kappa shape index (κ1) is 17.4. The van der Waals surface area contributed by atoms with Gasteiger partial charge in [0.05, 0.1) is 18.8 Å². The maximum atomic E-state index is 12.3. The van der Waals surface area contributed by atoms with E-state index in [0.717, 1.165) is 0 Å². The number of phenolic OH excluding ortho intramolecular Hbond substituents is 1. The van der Waals surface area contributed by atoms with E-state index >= 15 is 0 Å². The lowest BCUT2D eigenvalue weighted by Gasteiger charge is -2.17. The van der Waals surface area contributed by atoms with E-state index in [-0.39, 0.29) is 24.5 Å². The van der Waals surface area contributed by atoms with E-state index in [1.165, 1.54) is 18.3 Å². The number of carbonyl (C=O) groups excluding carboxylic acids is 2. The van der Waals surface area contributed by atoms with Gasteiger partial charge in [-0.3, -0.25) is 4.98 Å². The lowest BCUT2D eigenvalue weighted by molar-refractivity contribution is -0.0288. The standard InChI is InChI=1S/C19H17NO7/c21-13-6-2-1-5-12(13)19(23)27-15-10-25-16-14(9-24-17(15)16)26-18(22)11-4-3-7-20-8-11/h1-8,14-17,21H,9-10H2/t14-,15+,16?,17?/m1/s1. The van der Waals surface area contributed by atoms with Crippen LogP contribution < -0.4 is 0 Å². The van der Waals surface area contributed by atoms with Gasteiger partial charge in [0.2, 0.25) is 0 Å². The number of pyridine rings is 1. The zero-order valence-electron chi connectivity index (χ0n) is 14.2. The quantitative estimate of drug-likeness (QED) is 0.803. The third-order valence-electron chi connectivity index (χ3n) is 4.50. The number of esters is 2. The van der Waals surface area contributed by atoms with Crippen molar-refractivity contribution >= 4 is 11.9 Å². The molecule has 0 aliphatic carbocycles. The van der Waals surface area contributed by atoms with Gasteiger partial charge in [0.25, 0.3) is 0 Å². The topological polar surface area (TPSA) is 104 Å². The molecule has 27 heavy (non-hydrogen) atoms. The fourth-order valence-electron chi connectivity index (χ4n) is 3.17. The smallest absolute Gasteiger partial charge is 0.342 e. The van der Waals surface area contributed by atoms with Gasteiger partial charge in [-0.1, -0.05) is 12.1 Å². The Morgan fingerprint density at radius 2 is 1.63 bits per heavy atom. The largest absolute Gasteiger partial charge is 0.507 e. The molecule has 8 nitrogen and oxygen atoms in total. The molecule has 8 heteroatoms. The molecule has 0 spiro atoms. The highest BCUT2D eigenvalue weighted by atomic mass is 16.7. The van der Waals surface area contributed by atoms with Crippen molar-refractivity contribution in [3.8, 4) is 5.75 Å². The van der Waals surface area contributed by atoms with Crippen molar-refractivity contribution in [3.63, 3.8) is 0 Å². The van der Waals surface area contributed by atoms with Crippen LogP contribution in [0.15, 0.2) is 48.8 Å². The van der Waals surface area contributed by atoms with E-state index in [9.17, 15) is 14.7 Å². The molecule has 0 saturated carbocycles. The number of ether oxygens (including phenoxy) is 4. The summed E-state index contributed by atoms with van der Waals surface area (Å²) in [7, 11) is 0. The summed E-state index contributed by atoms with van der Waals surface area (Å²) in [5.74, 6) is -1.34. The molecule has 2 fully saturated rings. The number of aromatic nitrogens is 1. The lowest BCUT2D eigenvalue weighted by Crippen LogP contribution is -2.36. The number of carbonyl (C=O) groups is 2. The molecule has 0 amide bonds. The molecule has 140 valence electrons. The Balaban J connectivity index is 1.38. The van der Waals surface area contributed by atoms with Crippen LogP contribution >= 0.6 is 0 Å². The minimum Gasteiger partial charge on any atom is -0.507 e. The summed E-state index contributed by atoms with van der Waals surface area (Å²) in [6.07, 6.45) is 0.678. The zero-order chi connectivity index (χ0) is 18.8. The summed E-state index contributed by atoms with van der Waals surface area (Å²) in [4.78, 5) is 28.3. The van der Waals surface area contributed by atoms with Crippen molar-refractivity contribution in [2.75, 3.05) is 13.2 Å². The summed E-state index contributed by atoms with van der Waals surface area (Å²) >= 11 is 0. The Labute approximate surface area is 154 Å². The highest BCUT2D eigenvalue weighted by Crippen LogP contribution is 2.32. The molecule has 2 unspecified atom stereocenters. The van der Waals surface area contributed by atoms with Crippen LogP contribution in [0.1, 0.15) is 20.7 Å². The van der Waals surface area contributed by atoms with Crippen molar-refractivity contribution < 1.29 is 33.6 Å². The van der Waals surface area contributed by atoms with Gasteiger partial charge in [-0.05, 0) is 24.3 Å². The molecule has 3 heterocycles. The first-order valence-corrected chi connectivity index (χ1v) is 8.46. The molecule has 0 radical (unpaired) electrons. The molecule has 0 bridgehead atoms. The van der Waals surface area contributed by atoms with Crippen LogP contribution in [0.3, 0.4) is 0 Å². The van der Waals surface area contributed by atoms with Gasteiger partial charge < -0.3 is 24.1 Å². The molecular weight excluding hydrogens is 354 g/mol. The third kappa shape index (κ3) is 3.49. The van der Waals surface area contributed by atoms with E-state index in [0.29, 0.717) is 5.56 Å². The van der Waals surface area contributed by atoms with Gasteiger partial charge in [-0.2, -0.15) is 0 Å². The second kappa shape index (κ2) is 7.34. The fourth-order valence-corrected chi connectivity index (χ4v) is 3.17. The number of fused-ring (bicyclic) bond motifs is 1. The van der Waals surface area contributed by atoms with Crippen LogP contribution in [0.2, 0.25) is 0 Å². The van der Waals surface area contributed by atoms with Crippen molar-refractivity contribution in [1.82, 2.24) is 4.98 Å². The fraction of sp³-hybridized carbons (Fsp3) is 0.316. The minimum absolute atomic E-state index is 0.0681. The van der Waals surface area contributed by atoms with Crippen LogP contribution in [0.25, 0.3) is 0 Å². The van der Waals surface area contributed by atoms with Gasteiger partial charge in [-0.15, -0.1) is 0 Å². The van der Waals surface area contributed by atoms with Crippen LogP contribution in [0, 0.1) is 0 Å². The average Bonchev–Trinajstić information content (AvgIpc) is 3.26. The minimum atomic E-state index is -0.665. The molecule has 1 N–H and O–H groups in total. The molecule has 1 aromatic carbocycles. The molecular formula is C19H17NO7. The summed E-state index contributed by atoms with van der Waals surface area (Å²) < 4.78 is 22.2. The summed E-state index contributed by atoms with van der Waals surface area (Å²) in [5.41, 5.74) is 0.403. The zero-order valence-corrected chi connectivity index (χ0v) is 14.2. The predicted octanol–water partition coefficient (Wildman–Crippen LogP) is 1.34. The molecule has 4 rings (SSSR count). The first-order chi connectivity index (χ1) is 13.1. The number of benzene rings is 1. The highest BCUT2D eigenvalue weighted by molar-refractivity contribution is 5.92. The monoisotopic (exact) mass is 371 g/mol. The van der Waals surface area contributed by atoms with Gasteiger partial charge in [0.15, 0.2) is 12.2 Å². The van der Waals surface area contributed by atoms with Crippen molar-refractivity contribution in [3.05, 3.63) is 59.9 Å². The number of para-hydroxylation sites is 1. The number of hydrogen-bond donors (Lipinski definition) is 1.